The number of halogens is 1. The molecule has 0 bridgehead atoms. The Kier molecular flexibility index (Phi) is 7.93. The van der Waals surface area contributed by atoms with Gasteiger partial charge in [0.15, 0.2) is 0 Å². The van der Waals surface area contributed by atoms with E-state index in [1.54, 1.807) is 36.0 Å². The third-order valence-corrected chi connectivity index (χ3v) is 3.57. The molecule has 0 aliphatic heterocycles. The number of ether oxygens (including phenoxy) is 1. The number of nitrogens with one attached hydrogen (secondary N) is 1. The first-order chi connectivity index (χ1) is 10.1. The number of thioether (sulfide) groups is 1. The minimum atomic E-state index is -0.626. The van der Waals surface area contributed by atoms with Crippen molar-refractivity contribution in [3.8, 4) is 0 Å². The molecule has 0 spiro atoms. The monoisotopic (exact) mass is 327 g/mol. The van der Waals surface area contributed by atoms with Crippen molar-refractivity contribution >= 4 is 41.3 Å². The quantitative estimate of drug-likeness (QED) is 0.618. The smallest absolute Gasteiger partial charge is 0.328 e. The second kappa shape index (κ2) is 9.47. The van der Waals surface area contributed by atoms with Gasteiger partial charge in [0.2, 0.25) is 5.91 Å². The van der Waals surface area contributed by atoms with Crippen LogP contribution < -0.4 is 5.32 Å². The van der Waals surface area contributed by atoms with Gasteiger partial charge in [0, 0.05) is 11.1 Å². The van der Waals surface area contributed by atoms with E-state index in [-0.39, 0.29) is 5.91 Å². The van der Waals surface area contributed by atoms with E-state index in [1.165, 1.54) is 13.2 Å². The highest BCUT2D eigenvalue weighted by Crippen LogP contribution is 2.11. The molecule has 0 heterocycles. The molecule has 1 N–H and O–H groups in total. The van der Waals surface area contributed by atoms with Crippen molar-refractivity contribution < 1.29 is 14.3 Å². The van der Waals surface area contributed by atoms with E-state index in [4.69, 9.17) is 11.6 Å². The molecule has 0 fully saturated rings. The fourth-order valence-electron chi connectivity index (χ4n) is 1.63. The molecule has 1 aromatic rings. The fourth-order valence-corrected chi connectivity index (χ4v) is 2.30. The molecule has 1 aromatic carbocycles. The van der Waals surface area contributed by atoms with Crippen LogP contribution in [0.25, 0.3) is 6.08 Å². The van der Waals surface area contributed by atoms with Gasteiger partial charge in [0.25, 0.3) is 0 Å². The predicted octanol–water partition coefficient (Wildman–Crippen LogP) is 2.76. The van der Waals surface area contributed by atoms with Crippen molar-refractivity contribution in [2.75, 3.05) is 19.1 Å². The van der Waals surface area contributed by atoms with Crippen LogP contribution in [0.5, 0.6) is 0 Å². The lowest BCUT2D eigenvalue weighted by Gasteiger charge is -2.14. The first-order valence-corrected chi connectivity index (χ1v) is 8.15. The third-order valence-electron chi connectivity index (χ3n) is 2.69. The second-order valence-corrected chi connectivity index (χ2v) is 5.68. The molecule has 0 aromatic heterocycles. The summed E-state index contributed by atoms with van der Waals surface area (Å²) in [7, 11) is 1.31. The summed E-state index contributed by atoms with van der Waals surface area (Å²) in [6, 6.07) is 6.52. The Morgan fingerprint density at radius 3 is 2.86 bits per heavy atom. The summed E-state index contributed by atoms with van der Waals surface area (Å²) in [5.74, 6) is -0.0158. The van der Waals surface area contributed by atoms with E-state index in [1.807, 2.05) is 12.3 Å². The summed E-state index contributed by atoms with van der Waals surface area (Å²) in [4.78, 5) is 23.4. The van der Waals surface area contributed by atoms with Gasteiger partial charge in [-0.1, -0.05) is 23.7 Å². The maximum Gasteiger partial charge on any atom is 0.328 e. The summed E-state index contributed by atoms with van der Waals surface area (Å²) >= 11 is 7.47. The zero-order chi connectivity index (χ0) is 15.7. The molecule has 0 unspecified atom stereocenters. The molecular weight excluding hydrogens is 310 g/mol. The van der Waals surface area contributed by atoms with Gasteiger partial charge in [-0.05, 0) is 42.2 Å². The summed E-state index contributed by atoms with van der Waals surface area (Å²) < 4.78 is 4.68. The number of amides is 1. The van der Waals surface area contributed by atoms with Gasteiger partial charge in [0.1, 0.15) is 6.04 Å². The van der Waals surface area contributed by atoms with Crippen LogP contribution in [0.15, 0.2) is 30.3 Å². The number of hydrogen-bond donors (Lipinski definition) is 1. The normalized spacial score (nSPS) is 12.1. The summed E-state index contributed by atoms with van der Waals surface area (Å²) in [5.41, 5.74) is 0.816. The van der Waals surface area contributed by atoms with Crippen LogP contribution in [0.4, 0.5) is 0 Å². The molecule has 0 saturated carbocycles. The maximum atomic E-state index is 11.8. The molecule has 1 atom stereocenters. The van der Waals surface area contributed by atoms with Gasteiger partial charge in [-0.3, -0.25) is 4.79 Å². The van der Waals surface area contributed by atoms with Crippen LogP contribution in [-0.4, -0.2) is 37.0 Å². The molecule has 6 heteroatoms. The molecule has 1 rings (SSSR count). The standard InChI is InChI=1S/C15H18ClNO3S/c1-20-15(19)13(8-9-21-2)17-14(18)7-6-11-4-3-5-12(16)10-11/h3-7,10,13H,8-9H2,1-2H3,(H,17,18)/b7-6+/t13-/m1/s1. The highest BCUT2D eigenvalue weighted by atomic mass is 35.5. The number of benzene rings is 1. The first kappa shape index (κ1) is 17.6. The van der Waals surface area contributed by atoms with Crippen LogP contribution in [0.3, 0.4) is 0 Å². The molecule has 114 valence electrons. The zero-order valence-corrected chi connectivity index (χ0v) is 13.5. The van der Waals surface area contributed by atoms with Crippen molar-refractivity contribution in [1.82, 2.24) is 5.32 Å². The van der Waals surface area contributed by atoms with E-state index in [0.717, 1.165) is 11.3 Å². The Hall–Kier alpha value is -1.46. The molecule has 0 radical (unpaired) electrons. The fraction of sp³-hybridized carbons (Fsp3) is 0.333. The first-order valence-electron chi connectivity index (χ1n) is 6.37. The van der Waals surface area contributed by atoms with E-state index >= 15 is 0 Å². The highest BCUT2D eigenvalue weighted by molar-refractivity contribution is 7.98. The van der Waals surface area contributed by atoms with Crippen molar-refractivity contribution in [2.24, 2.45) is 0 Å². The number of carbonyl (C=O) groups excluding carboxylic acids is 2. The van der Waals surface area contributed by atoms with Gasteiger partial charge in [0.05, 0.1) is 7.11 Å². The number of methoxy groups -OCH3 is 1. The Bertz CT molecular complexity index is 519. The Morgan fingerprint density at radius 1 is 1.48 bits per heavy atom. The number of rotatable bonds is 7. The minimum absolute atomic E-state index is 0.341. The van der Waals surface area contributed by atoms with Gasteiger partial charge in [-0.25, -0.2) is 4.79 Å². The Balaban J connectivity index is 2.62. The van der Waals surface area contributed by atoms with Gasteiger partial charge < -0.3 is 10.1 Å². The Labute approximate surface area is 133 Å². The Morgan fingerprint density at radius 2 is 2.24 bits per heavy atom. The van der Waals surface area contributed by atoms with Crippen molar-refractivity contribution in [3.05, 3.63) is 40.9 Å². The van der Waals surface area contributed by atoms with Gasteiger partial charge >= 0.3 is 5.97 Å². The summed E-state index contributed by atoms with van der Waals surface area (Å²) in [6.07, 6.45) is 5.49. The lowest BCUT2D eigenvalue weighted by Crippen LogP contribution is -2.41. The molecule has 21 heavy (non-hydrogen) atoms. The van der Waals surface area contributed by atoms with Gasteiger partial charge in [-0.2, -0.15) is 11.8 Å². The molecule has 0 aliphatic carbocycles. The van der Waals surface area contributed by atoms with E-state index in [2.05, 4.69) is 10.1 Å². The van der Waals surface area contributed by atoms with Crippen molar-refractivity contribution in [2.45, 2.75) is 12.5 Å². The van der Waals surface area contributed by atoms with Crippen LogP contribution >= 0.6 is 23.4 Å². The SMILES string of the molecule is COC(=O)[C@@H](CCSC)NC(=O)/C=C/c1cccc(Cl)c1. The topological polar surface area (TPSA) is 55.4 Å². The van der Waals surface area contributed by atoms with Crippen LogP contribution in [-0.2, 0) is 14.3 Å². The van der Waals surface area contributed by atoms with Crippen molar-refractivity contribution in [3.63, 3.8) is 0 Å². The number of carbonyl (C=O) groups is 2. The lowest BCUT2D eigenvalue weighted by molar-refractivity contribution is -0.144. The molecular formula is C15H18ClNO3S. The second-order valence-electron chi connectivity index (χ2n) is 4.25. The summed E-state index contributed by atoms with van der Waals surface area (Å²) in [5, 5.41) is 3.24. The number of esters is 1. The maximum absolute atomic E-state index is 11.8. The van der Waals surface area contributed by atoms with E-state index in [0.29, 0.717) is 11.4 Å². The average molecular weight is 328 g/mol. The minimum Gasteiger partial charge on any atom is -0.467 e. The third kappa shape index (κ3) is 6.69. The predicted molar refractivity (Wildman–Crippen MR) is 87.4 cm³/mol. The number of hydrogen-bond acceptors (Lipinski definition) is 4. The van der Waals surface area contributed by atoms with Crippen LogP contribution in [0.1, 0.15) is 12.0 Å². The molecule has 4 nitrogen and oxygen atoms in total. The van der Waals surface area contributed by atoms with Crippen LogP contribution in [0.2, 0.25) is 5.02 Å². The average Bonchev–Trinajstić information content (AvgIpc) is 2.48. The van der Waals surface area contributed by atoms with Crippen molar-refractivity contribution in [1.29, 1.82) is 0 Å². The lowest BCUT2D eigenvalue weighted by atomic mass is 10.2. The van der Waals surface area contributed by atoms with E-state index in [9.17, 15) is 9.59 Å². The molecule has 0 aliphatic rings. The molecule has 1 amide bonds. The summed E-state index contributed by atoms with van der Waals surface area (Å²) in [6.45, 7) is 0. The molecule has 0 saturated heterocycles. The zero-order valence-electron chi connectivity index (χ0n) is 12.0. The largest absolute Gasteiger partial charge is 0.467 e. The van der Waals surface area contributed by atoms with E-state index < -0.39 is 12.0 Å². The highest BCUT2D eigenvalue weighted by Gasteiger charge is 2.19. The van der Waals surface area contributed by atoms with Gasteiger partial charge in [-0.15, -0.1) is 0 Å². The van der Waals surface area contributed by atoms with Crippen LogP contribution in [0, 0.1) is 0 Å².